The van der Waals surface area contributed by atoms with Gasteiger partial charge in [-0.25, -0.2) is 0 Å². The number of nitrogens with zero attached hydrogens (tertiary/aromatic N) is 1. The molecule has 5 rings (SSSR count). The first kappa shape index (κ1) is 31.0. The summed E-state index contributed by atoms with van der Waals surface area (Å²) in [5.41, 5.74) is -0.112. The van der Waals surface area contributed by atoms with Crippen LogP contribution < -0.4 is 10.7 Å². The summed E-state index contributed by atoms with van der Waals surface area (Å²) in [7, 11) is 1.95. The number of likely N-dealkylation sites (N-methyl/N-ethyl adjacent to an activating group) is 1. The molecule has 0 aliphatic carbocycles. The Labute approximate surface area is 244 Å². The maximum Gasteiger partial charge on any atom is 0.312 e. The second-order valence-electron chi connectivity index (χ2n) is 10.4. The van der Waals surface area contributed by atoms with Crippen molar-refractivity contribution in [2.75, 3.05) is 33.2 Å². The molecule has 0 radical (unpaired) electrons. The highest BCUT2D eigenvalue weighted by Gasteiger charge is 2.41. The molecule has 212 valence electrons. The number of carbonyl (C=O) groups excluding carboxylic acids is 1. The Balaban J connectivity index is 0.00000210. The van der Waals surface area contributed by atoms with E-state index >= 15 is 0 Å². The van der Waals surface area contributed by atoms with Gasteiger partial charge in [0, 0.05) is 35.7 Å². The molecule has 0 amide bonds. The van der Waals surface area contributed by atoms with Gasteiger partial charge in [0.2, 0.25) is 0 Å². The molecule has 2 fully saturated rings. The van der Waals surface area contributed by atoms with Crippen LogP contribution in [0.3, 0.4) is 0 Å². The highest BCUT2D eigenvalue weighted by atomic mass is 35.5. The van der Waals surface area contributed by atoms with E-state index in [4.69, 9.17) is 20.8 Å². The van der Waals surface area contributed by atoms with Crippen molar-refractivity contribution in [2.24, 2.45) is 5.41 Å². The standard InChI is InChI=1S/C28H31ClN2O6.2ClH/c1-28(8-10-30-11-9-28)27(35)37-23-15-31(2)12-7-17(23)24-19(32)13-20(33)25-21(34)14-22(36-26(24)25)16-5-3-4-6-18(16)29;;/h3-6,13-14,17,23,30,32-33H,7-12,15H2,1-2H3;2*1H/t17-,23+;;/m0../s1. The van der Waals surface area contributed by atoms with Gasteiger partial charge in [0.1, 0.15) is 34.3 Å². The van der Waals surface area contributed by atoms with E-state index in [9.17, 15) is 19.8 Å². The highest BCUT2D eigenvalue weighted by molar-refractivity contribution is 6.33. The number of ether oxygens (including phenoxy) is 1. The lowest BCUT2D eigenvalue weighted by atomic mass is 9.80. The van der Waals surface area contributed by atoms with E-state index in [2.05, 4.69) is 10.2 Å². The zero-order valence-corrected chi connectivity index (χ0v) is 24.1. The van der Waals surface area contributed by atoms with Gasteiger partial charge in [0.05, 0.1) is 10.4 Å². The van der Waals surface area contributed by atoms with Crippen molar-refractivity contribution in [3.8, 4) is 22.8 Å². The third-order valence-corrected chi connectivity index (χ3v) is 8.06. The molecule has 2 aliphatic heterocycles. The van der Waals surface area contributed by atoms with E-state index in [1.54, 1.807) is 24.3 Å². The van der Waals surface area contributed by atoms with Crippen LogP contribution in [0.5, 0.6) is 11.5 Å². The molecular formula is C28H33Cl3N2O6. The zero-order chi connectivity index (χ0) is 26.3. The maximum absolute atomic E-state index is 13.3. The number of halogens is 3. The molecule has 1 aromatic heterocycles. The van der Waals surface area contributed by atoms with Crippen LogP contribution in [0.2, 0.25) is 5.02 Å². The number of phenolic OH excluding ortho intramolecular Hbond substituents is 2. The number of fused-ring (bicyclic) bond motifs is 1. The van der Waals surface area contributed by atoms with Crippen molar-refractivity contribution >= 4 is 53.4 Å². The SMILES string of the molecule is CN1CC[C@H](c2c(O)cc(O)c3c(=O)cc(-c4ccccc4Cl)oc23)[C@H](OC(=O)C2(C)CCNCC2)C1.Cl.Cl. The molecule has 0 unspecified atom stereocenters. The number of esters is 1. The quantitative estimate of drug-likeness (QED) is 0.356. The van der Waals surface area contributed by atoms with E-state index < -0.39 is 22.9 Å². The molecule has 0 saturated carbocycles. The van der Waals surface area contributed by atoms with Gasteiger partial charge in [-0.05, 0) is 65.0 Å². The van der Waals surface area contributed by atoms with Crippen molar-refractivity contribution < 1.29 is 24.2 Å². The first-order valence-corrected chi connectivity index (χ1v) is 12.9. The van der Waals surface area contributed by atoms with Gasteiger partial charge in [-0.2, -0.15) is 0 Å². The Morgan fingerprint density at radius 1 is 1.15 bits per heavy atom. The Morgan fingerprint density at radius 3 is 2.54 bits per heavy atom. The molecule has 11 heteroatoms. The molecule has 2 atom stereocenters. The van der Waals surface area contributed by atoms with Gasteiger partial charge in [0.25, 0.3) is 0 Å². The number of aromatic hydroxyl groups is 2. The van der Waals surface area contributed by atoms with Crippen molar-refractivity contribution in [3.63, 3.8) is 0 Å². The van der Waals surface area contributed by atoms with Crippen LogP contribution in [0.15, 0.2) is 45.6 Å². The predicted molar refractivity (Wildman–Crippen MR) is 156 cm³/mol. The zero-order valence-electron chi connectivity index (χ0n) is 21.7. The maximum atomic E-state index is 13.3. The smallest absolute Gasteiger partial charge is 0.312 e. The number of nitrogens with one attached hydrogen (secondary N) is 1. The van der Waals surface area contributed by atoms with Crippen molar-refractivity contribution in [2.45, 2.75) is 38.2 Å². The Morgan fingerprint density at radius 2 is 1.85 bits per heavy atom. The summed E-state index contributed by atoms with van der Waals surface area (Å²) in [4.78, 5) is 28.6. The molecule has 0 spiro atoms. The lowest BCUT2D eigenvalue weighted by Crippen LogP contribution is -2.47. The Bertz CT molecular complexity index is 1410. The molecule has 2 aliphatic rings. The average Bonchev–Trinajstić information content (AvgIpc) is 2.85. The van der Waals surface area contributed by atoms with E-state index in [0.717, 1.165) is 19.2 Å². The summed E-state index contributed by atoms with van der Waals surface area (Å²) in [6.45, 7) is 4.58. The third-order valence-electron chi connectivity index (χ3n) is 7.73. The molecule has 2 aromatic carbocycles. The summed E-state index contributed by atoms with van der Waals surface area (Å²) in [6.07, 6.45) is 1.34. The number of rotatable bonds is 4. The van der Waals surface area contributed by atoms with E-state index in [1.807, 2.05) is 14.0 Å². The Kier molecular flexibility index (Phi) is 9.83. The molecule has 3 N–H and O–H groups in total. The number of phenols is 2. The fraction of sp³-hybridized carbons (Fsp3) is 0.429. The molecule has 3 heterocycles. The van der Waals surface area contributed by atoms with Crippen LogP contribution in [0.1, 0.15) is 37.7 Å². The van der Waals surface area contributed by atoms with Gasteiger partial charge in [-0.1, -0.05) is 23.7 Å². The monoisotopic (exact) mass is 598 g/mol. The van der Waals surface area contributed by atoms with Gasteiger partial charge in [-0.15, -0.1) is 24.8 Å². The number of likely N-dealkylation sites (tertiary alicyclic amines) is 1. The second-order valence-corrected chi connectivity index (χ2v) is 10.8. The van der Waals surface area contributed by atoms with E-state index in [1.165, 1.54) is 6.07 Å². The number of carbonyl (C=O) groups is 1. The van der Waals surface area contributed by atoms with Crippen LogP contribution in [-0.4, -0.2) is 60.4 Å². The minimum absolute atomic E-state index is 0. The van der Waals surface area contributed by atoms with Crippen LogP contribution in [0.4, 0.5) is 0 Å². The van der Waals surface area contributed by atoms with E-state index in [0.29, 0.717) is 48.5 Å². The number of piperidine rings is 2. The van der Waals surface area contributed by atoms with Crippen molar-refractivity contribution in [1.82, 2.24) is 10.2 Å². The van der Waals surface area contributed by atoms with Crippen molar-refractivity contribution in [1.29, 1.82) is 0 Å². The van der Waals surface area contributed by atoms with Crippen LogP contribution in [0.25, 0.3) is 22.3 Å². The summed E-state index contributed by atoms with van der Waals surface area (Å²) >= 11 is 6.37. The summed E-state index contributed by atoms with van der Waals surface area (Å²) in [5, 5.41) is 25.3. The normalized spacial score (nSPS) is 21.0. The van der Waals surface area contributed by atoms with Gasteiger partial charge in [-0.3, -0.25) is 9.59 Å². The third kappa shape index (κ3) is 6.00. The highest BCUT2D eigenvalue weighted by Crippen LogP contribution is 2.44. The predicted octanol–water partition coefficient (Wildman–Crippen LogP) is 5.09. The molecule has 8 nitrogen and oxygen atoms in total. The van der Waals surface area contributed by atoms with Crippen LogP contribution in [-0.2, 0) is 9.53 Å². The molecule has 3 aromatic rings. The molecule has 39 heavy (non-hydrogen) atoms. The largest absolute Gasteiger partial charge is 0.507 e. The lowest BCUT2D eigenvalue weighted by Gasteiger charge is -2.39. The molecular weight excluding hydrogens is 567 g/mol. The number of benzene rings is 2. The summed E-state index contributed by atoms with van der Waals surface area (Å²) in [5.74, 6) is -1.08. The number of hydrogen-bond acceptors (Lipinski definition) is 8. The topological polar surface area (TPSA) is 112 Å². The lowest BCUT2D eigenvalue weighted by molar-refractivity contribution is -0.165. The average molecular weight is 600 g/mol. The van der Waals surface area contributed by atoms with Gasteiger partial charge < -0.3 is 29.6 Å². The number of hydrogen-bond donors (Lipinski definition) is 3. The van der Waals surface area contributed by atoms with Gasteiger partial charge in [0.15, 0.2) is 5.43 Å². The minimum Gasteiger partial charge on any atom is -0.507 e. The fourth-order valence-electron chi connectivity index (χ4n) is 5.46. The minimum atomic E-state index is -0.589. The van der Waals surface area contributed by atoms with Crippen LogP contribution in [0, 0.1) is 5.41 Å². The van der Waals surface area contributed by atoms with Gasteiger partial charge >= 0.3 is 5.97 Å². The van der Waals surface area contributed by atoms with Crippen molar-refractivity contribution in [3.05, 3.63) is 57.2 Å². The summed E-state index contributed by atoms with van der Waals surface area (Å²) < 4.78 is 12.4. The first-order valence-electron chi connectivity index (χ1n) is 12.6. The van der Waals surface area contributed by atoms with E-state index in [-0.39, 0.29) is 59.0 Å². The Hall–Kier alpha value is -2.49. The second kappa shape index (κ2) is 12.4. The summed E-state index contributed by atoms with van der Waals surface area (Å²) in [6, 6.07) is 9.42. The molecule has 0 bridgehead atoms. The molecule has 2 saturated heterocycles. The fourth-order valence-corrected chi connectivity index (χ4v) is 5.69. The van der Waals surface area contributed by atoms with Crippen LogP contribution >= 0.6 is 36.4 Å². The first-order chi connectivity index (χ1) is 17.7.